The minimum absolute atomic E-state index is 0.0428. The molecule has 2 aromatic carbocycles. The third kappa shape index (κ3) is 17.2. The molecule has 0 amide bonds. The van der Waals surface area contributed by atoms with Crippen molar-refractivity contribution in [1.82, 2.24) is 0 Å². The molecule has 0 saturated carbocycles. The molecule has 5 aliphatic rings. The fourth-order valence-electron chi connectivity index (χ4n) is 13.2. The van der Waals surface area contributed by atoms with Gasteiger partial charge in [-0.15, -0.1) is 0 Å². The lowest BCUT2D eigenvalue weighted by Gasteiger charge is -2.54. The zero-order valence-corrected chi connectivity index (χ0v) is 52.2. The summed E-state index contributed by atoms with van der Waals surface area (Å²) in [7, 11) is -2.26. The molecule has 16 nitrogen and oxygen atoms in total. The van der Waals surface area contributed by atoms with E-state index >= 15 is 0 Å². The molecule has 5 fully saturated rings. The average molecular weight is 1140 g/mol. The molecule has 0 bridgehead atoms. The van der Waals surface area contributed by atoms with Gasteiger partial charge in [-0.05, 0) is 109 Å². The normalized spacial score (nSPS) is 34.2. The molecular weight excluding hydrogens is 1040 g/mol. The lowest BCUT2D eigenvalue weighted by atomic mass is 9.78. The molecule has 446 valence electrons. The molecular formula is C64H94N4O12Si. The van der Waals surface area contributed by atoms with E-state index in [0.717, 1.165) is 11.1 Å². The van der Waals surface area contributed by atoms with Gasteiger partial charge in [0.2, 0.25) is 0 Å². The fourth-order valence-corrected chi connectivity index (χ4v) is 14.5. The van der Waals surface area contributed by atoms with E-state index in [0.29, 0.717) is 51.9 Å². The van der Waals surface area contributed by atoms with Crippen LogP contribution in [0.2, 0.25) is 18.1 Å². The standard InChI is InChI=1S/C64H94N4O12Si/c1-44(2)56(70-39-48-24-20-17-21-25-48)45(3)49(37-65)28-51-31-61(41-66,79-59(10,11)75-51)32-52-30-53(74-58(8,9)73-52)33-62(42-67)34-55(76-60(12,13)80-62)35-63(43-68)40-64(72-46(4)71-63)36-54(78-81(14,15)57(5,6)7)29-50(77-64)26-27-69-38-47-22-18-16-19-23-47/h16-25,44-46,49-56H,26-36,38-40H2,1-15H3/t45-,46+,49?,50+,51-,52-,53-,54-,55+,56-,61+,62-,63-,64+/m0/s1. The van der Waals surface area contributed by atoms with Gasteiger partial charge in [0.25, 0.3) is 0 Å². The molecule has 5 saturated heterocycles. The summed E-state index contributed by atoms with van der Waals surface area (Å²) in [6.45, 7) is 31.5. The Hall–Kier alpha value is -3.86. The molecule has 2 aromatic rings. The Morgan fingerprint density at radius 1 is 0.617 bits per heavy atom. The monoisotopic (exact) mass is 1140 g/mol. The summed E-state index contributed by atoms with van der Waals surface area (Å²) < 4.78 is 79.7. The second-order valence-electron chi connectivity index (χ2n) is 27.2. The van der Waals surface area contributed by atoms with Gasteiger partial charge in [-0.3, -0.25) is 0 Å². The van der Waals surface area contributed by atoms with E-state index in [4.69, 9.17) is 56.5 Å². The zero-order valence-electron chi connectivity index (χ0n) is 51.2. The Balaban J connectivity index is 1.06. The maximum Gasteiger partial charge on any atom is 0.192 e. The highest BCUT2D eigenvalue weighted by Crippen LogP contribution is 2.51. The van der Waals surface area contributed by atoms with Crippen LogP contribution in [0, 0.1) is 63.1 Å². The Morgan fingerprint density at radius 3 is 1.67 bits per heavy atom. The molecule has 0 N–H and O–H groups in total. The second-order valence-corrected chi connectivity index (χ2v) is 31.9. The Morgan fingerprint density at radius 2 is 1.14 bits per heavy atom. The minimum atomic E-state index is -2.26. The molecule has 1 unspecified atom stereocenters. The average Bonchev–Trinajstić information content (AvgIpc) is 3.57. The van der Waals surface area contributed by atoms with Crippen molar-refractivity contribution in [2.75, 3.05) is 6.61 Å². The molecule has 5 aliphatic heterocycles. The van der Waals surface area contributed by atoms with Gasteiger partial charge in [0.15, 0.2) is 54.6 Å². The van der Waals surface area contributed by atoms with E-state index in [2.05, 4.69) is 78.9 Å². The molecule has 7 rings (SSSR count). The van der Waals surface area contributed by atoms with E-state index < -0.39 is 84.9 Å². The third-order valence-corrected chi connectivity index (χ3v) is 21.7. The SMILES string of the molecule is CC(C)[C@H](OCc1ccccc1)[C@@H](C)C(C#N)C[C@H]1C[C@](C#N)(C[C@@H]2C[C@@H](C[C@@]3(C#N)C[C@H](C[C@@]4(C#N)C[C@]5(C[C@@H](O[Si](C)(C)C(C)(C)C)C[C@@H](CCOCc6ccccc6)O5)O[C@H](C)O4)OC(C)(C)O3)OC(C)(C)O2)OC(C)(C)O1. The predicted octanol–water partition coefficient (Wildman–Crippen LogP) is 13.0. The maximum absolute atomic E-state index is 11.3. The number of benzene rings is 2. The molecule has 0 radical (unpaired) electrons. The topological polar surface area (TPSA) is 206 Å². The van der Waals surface area contributed by atoms with E-state index in [1.165, 1.54) is 0 Å². The first-order chi connectivity index (χ1) is 37.9. The maximum atomic E-state index is 11.3. The molecule has 0 aliphatic carbocycles. The van der Waals surface area contributed by atoms with Crippen LogP contribution in [0.3, 0.4) is 0 Å². The summed E-state index contributed by atoms with van der Waals surface area (Å²) in [5, 5.41) is 44.3. The summed E-state index contributed by atoms with van der Waals surface area (Å²) in [5.74, 6) is -5.15. The highest BCUT2D eigenvalue weighted by atomic mass is 28.4. The van der Waals surface area contributed by atoms with E-state index in [9.17, 15) is 21.0 Å². The van der Waals surface area contributed by atoms with E-state index in [-0.39, 0.29) is 73.7 Å². The Bertz CT molecular complexity index is 2550. The van der Waals surface area contributed by atoms with Gasteiger partial charge in [-0.25, -0.2) is 0 Å². The Labute approximate surface area is 485 Å². The van der Waals surface area contributed by atoms with Gasteiger partial charge >= 0.3 is 0 Å². The van der Waals surface area contributed by atoms with Crippen LogP contribution < -0.4 is 0 Å². The second kappa shape index (κ2) is 25.8. The highest BCUT2D eigenvalue weighted by molar-refractivity contribution is 6.74. The number of hydrogen-bond acceptors (Lipinski definition) is 16. The number of nitriles is 4. The van der Waals surface area contributed by atoms with Crippen molar-refractivity contribution in [2.45, 2.75) is 281 Å². The van der Waals surface area contributed by atoms with Crippen LogP contribution in [-0.4, -0.2) is 104 Å². The van der Waals surface area contributed by atoms with Crippen molar-refractivity contribution in [3.63, 3.8) is 0 Å². The van der Waals surface area contributed by atoms with Gasteiger partial charge in [-0.1, -0.05) is 102 Å². The molecule has 0 aromatic heterocycles. The summed E-state index contributed by atoms with van der Waals surface area (Å²) in [5.41, 5.74) is -2.05. The quantitative estimate of drug-likeness (QED) is 0.0841. The number of hydrogen-bond donors (Lipinski definition) is 0. The lowest BCUT2D eigenvalue weighted by Crippen LogP contribution is -2.62. The Kier molecular flexibility index (Phi) is 20.6. The van der Waals surface area contributed by atoms with Crippen molar-refractivity contribution in [3.05, 3.63) is 71.8 Å². The van der Waals surface area contributed by atoms with Crippen molar-refractivity contribution in [2.24, 2.45) is 17.8 Å². The molecule has 14 atom stereocenters. The number of rotatable bonds is 21. The molecule has 81 heavy (non-hydrogen) atoms. The van der Waals surface area contributed by atoms with Gasteiger partial charge in [0.1, 0.15) is 0 Å². The fraction of sp³-hybridized carbons (Fsp3) is 0.750. The number of ether oxygens (including phenoxy) is 11. The first kappa shape index (κ1) is 64.7. The summed E-state index contributed by atoms with van der Waals surface area (Å²) in [4.78, 5) is 0. The summed E-state index contributed by atoms with van der Waals surface area (Å²) in [6.07, 6.45) is -0.546. The molecule has 17 heteroatoms. The van der Waals surface area contributed by atoms with Crippen LogP contribution >= 0.6 is 0 Å². The third-order valence-electron chi connectivity index (χ3n) is 17.1. The summed E-state index contributed by atoms with van der Waals surface area (Å²) >= 11 is 0. The van der Waals surface area contributed by atoms with Crippen molar-refractivity contribution in [3.8, 4) is 24.3 Å². The van der Waals surface area contributed by atoms with Crippen molar-refractivity contribution in [1.29, 1.82) is 21.0 Å². The summed E-state index contributed by atoms with van der Waals surface area (Å²) in [6, 6.07) is 30.3. The molecule has 5 heterocycles. The van der Waals surface area contributed by atoms with E-state index in [1.807, 2.05) is 74.5 Å². The van der Waals surface area contributed by atoms with Crippen LogP contribution in [0.1, 0.15) is 172 Å². The van der Waals surface area contributed by atoms with Gasteiger partial charge in [-0.2, -0.15) is 21.0 Å². The van der Waals surface area contributed by atoms with Gasteiger partial charge in [0, 0.05) is 58.0 Å². The van der Waals surface area contributed by atoms with Crippen LogP contribution in [0.5, 0.6) is 0 Å². The smallest absolute Gasteiger partial charge is 0.192 e. The first-order valence-electron chi connectivity index (χ1n) is 29.6. The van der Waals surface area contributed by atoms with Crippen LogP contribution in [0.25, 0.3) is 0 Å². The largest absolute Gasteiger partial charge is 0.414 e. The van der Waals surface area contributed by atoms with Crippen LogP contribution in [0.4, 0.5) is 0 Å². The lowest BCUT2D eigenvalue weighted by molar-refractivity contribution is -0.404. The highest BCUT2D eigenvalue weighted by Gasteiger charge is 2.59. The first-order valence-corrected chi connectivity index (χ1v) is 32.5. The van der Waals surface area contributed by atoms with Gasteiger partial charge < -0.3 is 56.5 Å². The van der Waals surface area contributed by atoms with Gasteiger partial charge in [0.05, 0.1) is 86.1 Å². The zero-order chi connectivity index (χ0) is 59.3. The van der Waals surface area contributed by atoms with Crippen molar-refractivity contribution < 1.29 is 56.5 Å². The van der Waals surface area contributed by atoms with Crippen molar-refractivity contribution >= 4 is 8.32 Å². The van der Waals surface area contributed by atoms with Crippen LogP contribution in [-0.2, 0) is 69.7 Å². The number of nitrogens with zero attached hydrogens (tertiary/aromatic N) is 4. The van der Waals surface area contributed by atoms with Crippen LogP contribution in [0.15, 0.2) is 60.7 Å². The molecule has 1 spiro atoms. The predicted molar refractivity (Wildman–Crippen MR) is 305 cm³/mol. The minimum Gasteiger partial charge on any atom is -0.414 e. The van der Waals surface area contributed by atoms with E-state index in [1.54, 1.807) is 34.6 Å².